The Bertz CT molecular complexity index is 404. The van der Waals surface area contributed by atoms with E-state index in [2.05, 4.69) is 0 Å². The number of nitriles is 1. The molecule has 5 heteroatoms. The lowest BCUT2D eigenvalue weighted by Crippen LogP contribution is -2.07. The van der Waals surface area contributed by atoms with Crippen LogP contribution in [0.4, 0.5) is 0 Å². The molecule has 0 atom stereocenters. The van der Waals surface area contributed by atoms with Crippen molar-refractivity contribution in [1.82, 2.24) is 0 Å². The normalized spacial score (nSPS) is 10.1. The van der Waals surface area contributed by atoms with Crippen molar-refractivity contribution >= 4 is 11.6 Å². The zero-order valence-corrected chi connectivity index (χ0v) is 11.1. The van der Waals surface area contributed by atoms with Gasteiger partial charge in [0.15, 0.2) is 0 Å². The smallest absolute Gasteiger partial charge is 0.138 e. The fourth-order valence-corrected chi connectivity index (χ4v) is 1.53. The standard InChI is InChI=1S/C13H16ClNO3/c1-16-8-9-17-6-3-7-18-13-5-2-4-12(14)11(13)10-15/h2,4-5H,3,6-9H2,1H3. The first-order chi connectivity index (χ1) is 8.79. The largest absolute Gasteiger partial charge is 0.492 e. The van der Waals surface area contributed by atoms with E-state index >= 15 is 0 Å². The van der Waals surface area contributed by atoms with Crippen LogP contribution in [0, 0.1) is 11.3 Å². The van der Waals surface area contributed by atoms with Gasteiger partial charge >= 0.3 is 0 Å². The zero-order chi connectivity index (χ0) is 13.2. The van der Waals surface area contributed by atoms with Crippen molar-refractivity contribution in [2.24, 2.45) is 0 Å². The molecule has 4 nitrogen and oxygen atoms in total. The van der Waals surface area contributed by atoms with Gasteiger partial charge in [0.2, 0.25) is 0 Å². The molecular weight excluding hydrogens is 254 g/mol. The van der Waals surface area contributed by atoms with Crippen LogP contribution >= 0.6 is 11.6 Å². The Morgan fingerprint density at radius 2 is 2.06 bits per heavy atom. The molecule has 1 aromatic carbocycles. The maximum Gasteiger partial charge on any atom is 0.138 e. The van der Waals surface area contributed by atoms with Gasteiger partial charge in [0.05, 0.1) is 24.8 Å². The van der Waals surface area contributed by atoms with E-state index in [0.29, 0.717) is 42.8 Å². The lowest BCUT2D eigenvalue weighted by Gasteiger charge is -2.08. The predicted octanol–water partition coefficient (Wildman–Crippen LogP) is 2.64. The molecule has 0 unspecified atom stereocenters. The van der Waals surface area contributed by atoms with E-state index in [-0.39, 0.29) is 0 Å². The summed E-state index contributed by atoms with van der Waals surface area (Å²) in [7, 11) is 1.63. The molecule has 0 saturated heterocycles. The molecule has 1 rings (SSSR count). The second-order valence-corrected chi connectivity index (χ2v) is 3.94. The van der Waals surface area contributed by atoms with E-state index in [1.807, 2.05) is 6.07 Å². The van der Waals surface area contributed by atoms with Gasteiger partial charge in [-0.2, -0.15) is 5.26 Å². The summed E-state index contributed by atoms with van der Waals surface area (Å²) in [6, 6.07) is 7.19. The fraction of sp³-hybridized carbons (Fsp3) is 0.462. The van der Waals surface area contributed by atoms with Crippen LogP contribution in [0.5, 0.6) is 5.75 Å². The third-order valence-corrected chi connectivity index (χ3v) is 2.52. The Hall–Kier alpha value is -1.28. The van der Waals surface area contributed by atoms with Crippen LogP contribution in [0.1, 0.15) is 12.0 Å². The molecule has 0 N–H and O–H groups in total. The molecule has 98 valence electrons. The molecule has 0 saturated carbocycles. The third kappa shape index (κ3) is 4.92. The SMILES string of the molecule is COCCOCCCOc1cccc(Cl)c1C#N. The average molecular weight is 270 g/mol. The number of halogens is 1. The predicted molar refractivity (Wildman–Crippen MR) is 69.0 cm³/mol. The van der Waals surface area contributed by atoms with Gasteiger partial charge in [-0.1, -0.05) is 17.7 Å². The highest BCUT2D eigenvalue weighted by Crippen LogP contribution is 2.25. The number of benzene rings is 1. The second kappa shape index (κ2) is 8.76. The van der Waals surface area contributed by atoms with Crippen molar-refractivity contribution < 1.29 is 14.2 Å². The van der Waals surface area contributed by atoms with Crippen LogP contribution in [0.3, 0.4) is 0 Å². The van der Waals surface area contributed by atoms with Crippen LogP contribution in [0.25, 0.3) is 0 Å². The van der Waals surface area contributed by atoms with Crippen LogP contribution in [-0.2, 0) is 9.47 Å². The molecule has 1 aromatic rings. The summed E-state index contributed by atoms with van der Waals surface area (Å²) in [4.78, 5) is 0. The molecular formula is C13H16ClNO3. The maximum absolute atomic E-state index is 8.95. The van der Waals surface area contributed by atoms with Crippen molar-refractivity contribution in [2.45, 2.75) is 6.42 Å². The average Bonchev–Trinajstić information content (AvgIpc) is 2.38. The molecule has 0 aliphatic rings. The number of ether oxygens (including phenoxy) is 3. The minimum Gasteiger partial charge on any atom is -0.492 e. The number of rotatable bonds is 8. The van der Waals surface area contributed by atoms with Gasteiger partial charge in [-0.25, -0.2) is 0 Å². The lowest BCUT2D eigenvalue weighted by atomic mass is 10.2. The quantitative estimate of drug-likeness (QED) is 0.681. The fourth-order valence-electron chi connectivity index (χ4n) is 1.32. The number of methoxy groups -OCH3 is 1. The molecule has 0 spiro atoms. The van der Waals surface area contributed by atoms with Crippen LogP contribution in [-0.4, -0.2) is 33.5 Å². The van der Waals surface area contributed by atoms with E-state index in [1.165, 1.54) is 0 Å². The molecule has 0 heterocycles. The summed E-state index contributed by atoms with van der Waals surface area (Å²) < 4.78 is 15.6. The highest BCUT2D eigenvalue weighted by molar-refractivity contribution is 6.31. The van der Waals surface area contributed by atoms with Gasteiger partial charge in [-0.3, -0.25) is 0 Å². The third-order valence-electron chi connectivity index (χ3n) is 2.21. The molecule has 0 aliphatic carbocycles. The lowest BCUT2D eigenvalue weighted by molar-refractivity contribution is 0.0644. The van der Waals surface area contributed by atoms with Gasteiger partial charge in [0.25, 0.3) is 0 Å². The molecule has 0 bridgehead atoms. The summed E-state index contributed by atoms with van der Waals surface area (Å²) in [5.41, 5.74) is 0.375. The molecule has 0 radical (unpaired) electrons. The van der Waals surface area contributed by atoms with Crippen LogP contribution in [0.15, 0.2) is 18.2 Å². The van der Waals surface area contributed by atoms with Crippen molar-refractivity contribution in [1.29, 1.82) is 5.26 Å². The Morgan fingerprint density at radius 1 is 1.22 bits per heavy atom. The Morgan fingerprint density at radius 3 is 2.78 bits per heavy atom. The first-order valence-corrected chi connectivity index (χ1v) is 6.05. The van der Waals surface area contributed by atoms with Gasteiger partial charge in [0, 0.05) is 20.1 Å². The second-order valence-electron chi connectivity index (χ2n) is 3.53. The van der Waals surface area contributed by atoms with Gasteiger partial charge in [0.1, 0.15) is 17.4 Å². The van der Waals surface area contributed by atoms with Crippen molar-refractivity contribution in [3.8, 4) is 11.8 Å². The zero-order valence-electron chi connectivity index (χ0n) is 10.3. The first kappa shape index (κ1) is 14.8. The van der Waals surface area contributed by atoms with E-state index < -0.39 is 0 Å². The monoisotopic (exact) mass is 269 g/mol. The molecule has 0 aliphatic heterocycles. The topological polar surface area (TPSA) is 51.5 Å². The maximum atomic E-state index is 8.95. The van der Waals surface area contributed by atoms with Crippen molar-refractivity contribution in [3.05, 3.63) is 28.8 Å². The van der Waals surface area contributed by atoms with Gasteiger partial charge < -0.3 is 14.2 Å². The number of hydrogen-bond donors (Lipinski definition) is 0. The first-order valence-electron chi connectivity index (χ1n) is 5.67. The summed E-state index contributed by atoms with van der Waals surface area (Å²) in [6.07, 6.45) is 0.751. The molecule has 18 heavy (non-hydrogen) atoms. The summed E-state index contributed by atoms with van der Waals surface area (Å²) in [5, 5.41) is 9.35. The van der Waals surface area contributed by atoms with Gasteiger partial charge in [-0.15, -0.1) is 0 Å². The molecule has 0 amide bonds. The molecule has 0 fully saturated rings. The van der Waals surface area contributed by atoms with Crippen molar-refractivity contribution in [2.75, 3.05) is 33.5 Å². The summed E-state index contributed by atoms with van der Waals surface area (Å²) in [5.74, 6) is 0.516. The Balaban J connectivity index is 2.28. The Labute approximate surface area is 112 Å². The highest BCUT2D eigenvalue weighted by atomic mass is 35.5. The van der Waals surface area contributed by atoms with Crippen LogP contribution < -0.4 is 4.74 Å². The van der Waals surface area contributed by atoms with E-state index in [4.69, 9.17) is 31.1 Å². The van der Waals surface area contributed by atoms with Crippen LogP contribution in [0.2, 0.25) is 5.02 Å². The van der Waals surface area contributed by atoms with E-state index in [0.717, 1.165) is 6.42 Å². The molecule has 0 aromatic heterocycles. The summed E-state index contributed by atoms with van der Waals surface area (Å²) >= 11 is 5.89. The Kier molecular flexibility index (Phi) is 7.19. The highest BCUT2D eigenvalue weighted by Gasteiger charge is 2.06. The van der Waals surface area contributed by atoms with Crippen molar-refractivity contribution in [3.63, 3.8) is 0 Å². The minimum absolute atomic E-state index is 0.375. The van der Waals surface area contributed by atoms with Gasteiger partial charge in [-0.05, 0) is 12.1 Å². The summed E-state index contributed by atoms with van der Waals surface area (Å²) in [6.45, 7) is 2.26. The minimum atomic E-state index is 0.375. The van der Waals surface area contributed by atoms with E-state index in [1.54, 1.807) is 25.3 Å². The van der Waals surface area contributed by atoms with E-state index in [9.17, 15) is 0 Å². The number of nitrogens with zero attached hydrogens (tertiary/aromatic N) is 1. The number of hydrogen-bond acceptors (Lipinski definition) is 4.